The van der Waals surface area contributed by atoms with Gasteiger partial charge < -0.3 is 15.7 Å². The molecule has 3 N–H and O–H groups in total. The van der Waals surface area contributed by atoms with Crippen LogP contribution in [-0.2, 0) is 9.59 Å². The normalized spacial score (nSPS) is 15.6. The fraction of sp³-hybridized carbons (Fsp3) is 0.857. The molecular formula is C14H28N2O3. The van der Waals surface area contributed by atoms with Gasteiger partial charge in [0.1, 0.15) is 6.04 Å². The summed E-state index contributed by atoms with van der Waals surface area (Å²) < 4.78 is 0. The summed E-state index contributed by atoms with van der Waals surface area (Å²) in [5.74, 6) is -0.465. The maximum Gasteiger partial charge on any atom is 0.242 e. The fourth-order valence-electron chi connectivity index (χ4n) is 1.14. The lowest BCUT2D eigenvalue weighted by molar-refractivity contribution is -0.133. The third kappa shape index (κ3) is 6.57. The lowest BCUT2D eigenvalue weighted by Crippen LogP contribution is -2.50. The van der Waals surface area contributed by atoms with Gasteiger partial charge in [0.15, 0.2) is 0 Å². The summed E-state index contributed by atoms with van der Waals surface area (Å²) in [5.41, 5.74) is -0.815. The van der Waals surface area contributed by atoms with Crippen molar-refractivity contribution in [2.45, 2.75) is 60.6 Å². The van der Waals surface area contributed by atoms with Crippen LogP contribution in [0.1, 0.15) is 48.5 Å². The van der Waals surface area contributed by atoms with Crippen molar-refractivity contribution in [1.82, 2.24) is 10.6 Å². The van der Waals surface area contributed by atoms with E-state index in [-0.39, 0.29) is 23.8 Å². The Morgan fingerprint density at radius 3 is 1.95 bits per heavy atom. The van der Waals surface area contributed by atoms with Gasteiger partial charge in [-0.05, 0) is 12.3 Å². The molecule has 0 aromatic heterocycles. The Morgan fingerprint density at radius 2 is 1.58 bits per heavy atom. The van der Waals surface area contributed by atoms with E-state index in [1.165, 1.54) is 0 Å². The first kappa shape index (κ1) is 17.9. The van der Waals surface area contributed by atoms with Crippen LogP contribution in [0, 0.1) is 10.8 Å². The van der Waals surface area contributed by atoms with Crippen LogP contribution in [0.4, 0.5) is 0 Å². The van der Waals surface area contributed by atoms with Crippen molar-refractivity contribution in [3.05, 3.63) is 0 Å². The van der Waals surface area contributed by atoms with E-state index in [0.29, 0.717) is 0 Å². The zero-order chi connectivity index (χ0) is 15.4. The van der Waals surface area contributed by atoms with Crippen LogP contribution in [-0.4, -0.2) is 35.6 Å². The second-order valence-electron chi connectivity index (χ2n) is 7.07. The number of aliphatic hydroxyl groups is 1. The third-order valence-corrected chi connectivity index (χ3v) is 2.89. The second-order valence-corrected chi connectivity index (χ2v) is 7.07. The van der Waals surface area contributed by atoms with Crippen LogP contribution in [0.15, 0.2) is 0 Å². The number of carbonyl (C=O) groups is 2. The first-order valence-electron chi connectivity index (χ1n) is 6.62. The van der Waals surface area contributed by atoms with E-state index < -0.39 is 17.6 Å². The molecule has 2 amide bonds. The zero-order valence-electron chi connectivity index (χ0n) is 13.1. The summed E-state index contributed by atoms with van der Waals surface area (Å²) in [6.07, 6.45) is -0.623. The molecule has 0 saturated heterocycles. The Bertz CT molecular complexity index is 327. The molecule has 5 nitrogen and oxygen atoms in total. The summed E-state index contributed by atoms with van der Waals surface area (Å²) >= 11 is 0. The predicted octanol–water partition coefficient (Wildman–Crippen LogP) is 1.06. The van der Waals surface area contributed by atoms with Gasteiger partial charge in [-0.25, -0.2) is 0 Å². The smallest absolute Gasteiger partial charge is 0.242 e. The van der Waals surface area contributed by atoms with Crippen molar-refractivity contribution in [2.24, 2.45) is 10.8 Å². The summed E-state index contributed by atoms with van der Waals surface area (Å²) in [5, 5.41) is 15.1. The lowest BCUT2D eigenvalue weighted by atomic mass is 9.89. The van der Waals surface area contributed by atoms with E-state index in [1.807, 2.05) is 20.8 Å². The fourth-order valence-corrected chi connectivity index (χ4v) is 1.14. The highest BCUT2D eigenvalue weighted by atomic mass is 16.3. The number of hydrogen-bond acceptors (Lipinski definition) is 3. The monoisotopic (exact) mass is 272 g/mol. The first-order chi connectivity index (χ1) is 8.35. The molecule has 19 heavy (non-hydrogen) atoms. The number of hydrogen-bond donors (Lipinski definition) is 3. The average molecular weight is 272 g/mol. The Hall–Kier alpha value is -1.10. The van der Waals surface area contributed by atoms with Crippen molar-refractivity contribution in [3.8, 4) is 0 Å². The molecule has 0 rings (SSSR count). The van der Waals surface area contributed by atoms with Crippen LogP contribution in [0.25, 0.3) is 0 Å². The predicted molar refractivity (Wildman–Crippen MR) is 75.5 cm³/mol. The molecule has 2 unspecified atom stereocenters. The van der Waals surface area contributed by atoms with Gasteiger partial charge in [0.05, 0.1) is 6.10 Å². The summed E-state index contributed by atoms with van der Waals surface area (Å²) in [4.78, 5) is 23.5. The molecule has 0 bridgehead atoms. The zero-order valence-corrected chi connectivity index (χ0v) is 13.1. The second kappa shape index (κ2) is 6.37. The highest BCUT2D eigenvalue weighted by Crippen LogP contribution is 2.18. The number of nitrogens with one attached hydrogen (secondary N) is 2. The van der Waals surface area contributed by atoms with Gasteiger partial charge in [0, 0.05) is 12.0 Å². The van der Waals surface area contributed by atoms with E-state index in [9.17, 15) is 14.7 Å². The third-order valence-electron chi connectivity index (χ3n) is 2.89. The standard InChI is InChI=1S/C14H28N2O3/c1-9(16-12(19)14(5,6)7)11(18)15-8-10(17)13(2,3)4/h9-10,17H,8H2,1-7H3,(H,15,18)(H,16,19). The Balaban J connectivity index is 4.27. The van der Waals surface area contributed by atoms with Crippen LogP contribution < -0.4 is 10.6 Å². The number of amides is 2. The maximum absolute atomic E-state index is 11.8. The molecule has 0 heterocycles. The molecule has 112 valence electrons. The van der Waals surface area contributed by atoms with Crippen molar-refractivity contribution in [3.63, 3.8) is 0 Å². The van der Waals surface area contributed by atoms with Gasteiger partial charge in [-0.1, -0.05) is 41.5 Å². The van der Waals surface area contributed by atoms with Gasteiger partial charge in [-0.15, -0.1) is 0 Å². The van der Waals surface area contributed by atoms with Gasteiger partial charge in [-0.2, -0.15) is 0 Å². The van der Waals surface area contributed by atoms with Crippen molar-refractivity contribution >= 4 is 11.8 Å². The topological polar surface area (TPSA) is 78.4 Å². The minimum Gasteiger partial charge on any atom is -0.391 e. The SMILES string of the molecule is CC(NC(=O)C(C)(C)C)C(=O)NCC(O)C(C)(C)C. The number of rotatable bonds is 4. The molecule has 0 fully saturated rings. The quantitative estimate of drug-likeness (QED) is 0.716. The molecular weight excluding hydrogens is 244 g/mol. The van der Waals surface area contributed by atoms with Crippen molar-refractivity contribution in [2.75, 3.05) is 6.54 Å². The van der Waals surface area contributed by atoms with Crippen LogP contribution in [0.3, 0.4) is 0 Å². The first-order valence-corrected chi connectivity index (χ1v) is 6.62. The Morgan fingerprint density at radius 1 is 1.11 bits per heavy atom. The van der Waals surface area contributed by atoms with E-state index in [1.54, 1.807) is 27.7 Å². The molecule has 0 aliphatic carbocycles. The highest BCUT2D eigenvalue weighted by molar-refractivity contribution is 5.89. The molecule has 2 atom stereocenters. The molecule has 5 heteroatoms. The van der Waals surface area contributed by atoms with Crippen molar-refractivity contribution in [1.29, 1.82) is 0 Å². The Kier molecular flexibility index (Phi) is 6.00. The maximum atomic E-state index is 11.8. The van der Waals surface area contributed by atoms with E-state index >= 15 is 0 Å². The Labute approximate surface area is 116 Å². The van der Waals surface area contributed by atoms with E-state index in [4.69, 9.17) is 0 Å². The molecule has 0 radical (unpaired) electrons. The summed E-state index contributed by atoms with van der Waals surface area (Å²) in [6.45, 7) is 12.9. The molecule has 0 aliphatic heterocycles. The van der Waals surface area contributed by atoms with Crippen molar-refractivity contribution < 1.29 is 14.7 Å². The summed E-state index contributed by atoms with van der Waals surface area (Å²) in [7, 11) is 0. The van der Waals surface area contributed by atoms with Gasteiger partial charge in [0.2, 0.25) is 11.8 Å². The lowest BCUT2D eigenvalue weighted by Gasteiger charge is -2.27. The minimum atomic E-state index is -0.623. The molecule has 0 saturated carbocycles. The van der Waals surface area contributed by atoms with E-state index in [0.717, 1.165) is 0 Å². The minimum absolute atomic E-state index is 0.175. The average Bonchev–Trinajstić information content (AvgIpc) is 2.22. The van der Waals surface area contributed by atoms with Crippen LogP contribution >= 0.6 is 0 Å². The number of aliphatic hydroxyl groups excluding tert-OH is 1. The number of carbonyl (C=O) groups excluding carboxylic acids is 2. The highest BCUT2D eigenvalue weighted by Gasteiger charge is 2.26. The van der Waals surface area contributed by atoms with Crippen LogP contribution in [0.5, 0.6) is 0 Å². The summed E-state index contributed by atoms with van der Waals surface area (Å²) in [6, 6.07) is -0.612. The largest absolute Gasteiger partial charge is 0.391 e. The molecule has 0 aromatic rings. The van der Waals surface area contributed by atoms with Gasteiger partial charge in [0.25, 0.3) is 0 Å². The van der Waals surface area contributed by atoms with E-state index in [2.05, 4.69) is 10.6 Å². The van der Waals surface area contributed by atoms with Crippen LogP contribution in [0.2, 0.25) is 0 Å². The molecule has 0 spiro atoms. The molecule has 0 aliphatic rings. The molecule has 0 aromatic carbocycles. The van der Waals surface area contributed by atoms with Gasteiger partial charge in [-0.3, -0.25) is 9.59 Å². The van der Waals surface area contributed by atoms with Gasteiger partial charge >= 0.3 is 0 Å².